The van der Waals surface area contributed by atoms with Crippen LogP contribution in [0.4, 0.5) is 5.69 Å². The van der Waals surface area contributed by atoms with Crippen LogP contribution in [0.2, 0.25) is 0 Å². The number of benzene rings is 11. The lowest BCUT2D eigenvalue weighted by atomic mass is 9.52. The molecule has 3 aliphatic carbocycles. The molecule has 2 spiro atoms. The molecule has 0 radical (unpaired) electrons. The van der Waals surface area contributed by atoms with Gasteiger partial charge in [0.2, 0.25) is 0 Å². The van der Waals surface area contributed by atoms with E-state index in [-0.39, 0.29) is 0 Å². The third-order valence-corrected chi connectivity index (χ3v) is 16.3. The van der Waals surface area contributed by atoms with Crippen molar-refractivity contribution in [1.29, 1.82) is 0 Å². The molecular weight excluding hydrogens is 833 g/mol. The lowest BCUT2D eigenvalue weighted by Crippen LogP contribution is -2.43. The van der Waals surface area contributed by atoms with Gasteiger partial charge in [-0.2, -0.15) is 0 Å². The van der Waals surface area contributed by atoms with Crippen molar-refractivity contribution >= 4 is 32.9 Å². The summed E-state index contributed by atoms with van der Waals surface area (Å²) in [5.74, 6) is 0. The molecular formula is C67H44N2. The van der Waals surface area contributed by atoms with Crippen molar-refractivity contribution in [3.8, 4) is 44.5 Å². The SMILES string of the molecule is CC1(N)C(c2ccc(-c3c4ccccc4c(-c4ccc5c(c4)C4(c6ccccc6-c6ccccc64)c4ccccc4C54c5ccccc5-c5ccccc54)c4ccccc34)cc2)=Nc2ccccc21. The highest BCUT2D eigenvalue weighted by Gasteiger charge is 2.59. The molecule has 0 aromatic heterocycles. The van der Waals surface area contributed by atoms with Crippen molar-refractivity contribution in [2.24, 2.45) is 10.7 Å². The molecule has 2 N–H and O–H groups in total. The van der Waals surface area contributed by atoms with Crippen LogP contribution in [0.5, 0.6) is 0 Å². The van der Waals surface area contributed by atoms with Crippen molar-refractivity contribution in [2.75, 3.05) is 0 Å². The van der Waals surface area contributed by atoms with Gasteiger partial charge in [0.05, 0.1) is 27.8 Å². The molecule has 1 unspecified atom stereocenters. The summed E-state index contributed by atoms with van der Waals surface area (Å²) in [6.45, 7) is 2.07. The fourth-order valence-electron chi connectivity index (χ4n) is 13.7. The lowest BCUT2D eigenvalue weighted by Gasteiger charge is -2.49. The average molecular weight is 877 g/mol. The Bertz CT molecular complexity index is 3910. The Hall–Kier alpha value is -8.43. The van der Waals surface area contributed by atoms with Crippen LogP contribution in [0.1, 0.15) is 62.6 Å². The van der Waals surface area contributed by atoms with Gasteiger partial charge in [-0.1, -0.05) is 224 Å². The number of rotatable bonds is 3. The predicted molar refractivity (Wildman–Crippen MR) is 285 cm³/mol. The predicted octanol–water partition coefficient (Wildman–Crippen LogP) is 15.7. The largest absolute Gasteiger partial charge is 0.317 e. The van der Waals surface area contributed by atoms with E-state index in [1.54, 1.807) is 0 Å². The van der Waals surface area contributed by atoms with E-state index in [4.69, 9.17) is 10.7 Å². The Kier molecular flexibility index (Phi) is 7.75. The van der Waals surface area contributed by atoms with E-state index in [2.05, 4.69) is 231 Å². The zero-order valence-electron chi connectivity index (χ0n) is 38.0. The summed E-state index contributed by atoms with van der Waals surface area (Å²) < 4.78 is 0. The molecule has 0 bridgehead atoms. The van der Waals surface area contributed by atoms with E-state index in [9.17, 15) is 0 Å². The van der Waals surface area contributed by atoms with Gasteiger partial charge in [0, 0.05) is 5.56 Å². The third kappa shape index (κ3) is 4.81. The van der Waals surface area contributed by atoms with E-state index < -0.39 is 16.4 Å². The second kappa shape index (κ2) is 13.8. The molecule has 69 heavy (non-hydrogen) atoms. The van der Waals surface area contributed by atoms with Gasteiger partial charge in [-0.05, 0) is 135 Å². The first-order chi connectivity index (χ1) is 34.0. The fraction of sp³-hybridized carbons (Fsp3) is 0.0597. The summed E-state index contributed by atoms with van der Waals surface area (Å²) in [5, 5.41) is 4.89. The molecule has 322 valence electrons. The molecule has 1 atom stereocenters. The highest BCUT2D eigenvalue weighted by Crippen LogP contribution is 2.67. The Labute approximate surface area is 401 Å². The minimum atomic E-state index is -0.679. The number of nitrogens with two attached hydrogens (primary N) is 1. The molecule has 0 amide bonds. The average Bonchev–Trinajstić information content (AvgIpc) is 3.98. The minimum Gasteiger partial charge on any atom is -0.317 e. The normalized spacial score (nSPS) is 16.9. The molecule has 4 aliphatic rings. The second-order valence-corrected chi connectivity index (χ2v) is 19.6. The maximum absolute atomic E-state index is 7.03. The fourth-order valence-corrected chi connectivity index (χ4v) is 13.7. The summed E-state index contributed by atoms with van der Waals surface area (Å²) in [6.07, 6.45) is 0. The standard InChI is InChI=1S/C67H44N2/c1-65(68)59-32-16-17-33-61(59)69-64(65)42-36-34-41(35-37-42)62-48-22-2-4-24-50(48)63(51-25-5-3-23-49(51)62)43-38-39-58-60(40-43)67(54-28-12-8-20-46(54)47-21-9-13-29-55(47)67)57-31-15-14-30-56(57)66(58)52-26-10-6-18-44(52)45-19-7-11-27-53(45)66/h2-40H,68H2,1H3. The highest BCUT2D eigenvalue weighted by molar-refractivity contribution is 6.22. The molecule has 0 fully saturated rings. The van der Waals surface area contributed by atoms with Crippen molar-refractivity contribution in [1.82, 2.24) is 0 Å². The number of aliphatic imine (C=N–C) groups is 1. The van der Waals surface area contributed by atoms with Gasteiger partial charge >= 0.3 is 0 Å². The van der Waals surface area contributed by atoms with E-state index in [1.807, 2.05) is 12.1 Å². The van der Waals surface area contributed by atoms with Gasteiger partial charge in [0.25, 0.3) is 0 Å². The number of hydrogen-bond donors (Lipinski definition) is 1. The first kappa shape index (κ1) is 38.7. The number of para-hydroxylation sites is 1. The lowest BCUT2D eigenvalue weighted by molar-refractivity contribution is 0.633. The quantitative estimate of drug-likeness (QED) is 0.176. The van der Waals surface area contributed by atoms with Crippen LogP contribution in [0.3, 0.4) is 0 Å². The van der Waals surface area contributed by atoms with Crippen LogP contribution >= 0.6 is 0 Å². The Morgan fingerprint density at radius 2 is 0.638 bits per heavy atom. The Morgan fingerprint density at radius 1 is 0.304 bits per heavy atom. The van der Waals surface area contributed by atoms with Gasteiger partial charge in [-0.25, -0.2) is 0 Å². The van der Waals surface area contributed by atoms with E-state index >= 15 is 0 Å². The number of nitrogens with zero attached hydrogens (tertiary/aromatic N) is 1. The topological polar surface area (TPSA) is 38.4 Å². The summed E-state index contributed by atoms with van der Waals surface area (Å²) in [4.78, 5) is 5.05. The van der Waals surface area contributed by atoms with Gasteiger partial charge in [-0.3, -0.25) is 4.99 Å². The zero-order valence-corrected chi connectivity index (χ0v) is 38.0. The number of fused-ring (bicyclic) bond motifs is 19. The summed E-state index contributed by atoms with van der Waals surface area (Å²) in [7, 11) is 0. The molecule has 1 aliphatic heterocycles. The van der Waals surface area contributed by atoms with Crippen molar-refractivity contribution < 1.29 is 0 Å². The van der Waals surface area contributed by atoms with Crippen LogP contribution < -0.4 is 5.73 Å². The van der Waals surface area contributed by atoms with Gasteiger partial charge in [0.1, 0.15) is 0 Å². The Morgan fingerprint density at radius 3 is 1.10 bits per heavy atom. The molecule has 2 nitrogen and oxygen atoms in total. The Balaban J connectivity index is 1.01. The van der Waals surface area contributed by atoms with Gasteiger partial charge in [0.15, 0.2) is 0 Å². The molecule has 0 saturated heterocycles. The molecule has 11 aromatic rings. The van der Waals surface area contributed by atoms with Crippen molar-refractivity contribution in [3.63, 3.8) is 0 Å². The molecule has 1 heterocycles. The van der Waals surface area contributed by atoms with Crippen molar-refractivity contribution in [2.45, 2.75) is 23.3 Å². The number of hydrogen-bond acceptors (Lipinski definition) is 2. The van der Waals surface area contributed by atoms with E-state index in [0.717, 1.165) is 28.1 Å². The van der Waals surface area contributed by atoms with Crippen LogP contribution in [-0.4, -0.2) is 5.71 Å². The van der Waals surface area contributed by atoms with Gasteiger partial charge < -0.3 is 5.73 Å². The molecule has 15 rings (SSSR count). The van der Waals surface area contributed by atoms with Crippen molar-refractivity contribution in [3.05, 3.63) is 292 Å². The van der Waals surface area contributed by atoms with Crippen LogP contribution in [0.15, 0.2) is 242 Å². The van der Waals surface area contributed by atoms with Gasteiger partial charge in [-0.15, -0.1) is 0 Å². The smallest absolute Gasteiger partial charge is 0.0837 e. The first-order valence-corrected chi connectivity index (χ1v) is 24.2. The summed E-state index contributed by atoms with van der Waals surface area (Å²) in [5.41, 5.74) is 29.9. The maximum Gasteiger partial charge on any atom is 0.0837 e. The summed E-state index contributed by atoms with van der Waals surface area (Å²) in [6, 6.07) is 88.8. The third-order valence-electron chi connectivity index (χ3n) is 16.3. The second-order valence-electron chi connectivity index (χ2n) is 19.6. The van der Waals surface area contributed by atoms with E-state index in [1.165, 1.54) is 105 Å². The van der Waals surface area contributed by atoms with Crippen LogP contribution in [-0.2, 0) is 16.4 Å². The van der Waals surface area contributed by atoms with E-state index in [0.29, 0.717) is 0 Å². The first-order valence-electron chi connectivity index (χ1n) is 24.2. The van der Waals surface area contributed by atoms with Crippen LogP contribution in [0.25, 0.3) is 66.1 Å². The molecule has 11 aromatic carbocycles. The highest BCUT2D eigenvalue weighted by atomic mass is 14.9. The maximum atomic E-state index is 7.03. The molecule has 2 heteroatoms. The van der Waals surface area contributed by atoms with Crippen LogP contribution in [0, 0.1) is 0 Å². The zero-order chi connectivity index (χ0) is 45.6. The summed E-state index contributed by atoms with van der Waals surface area (Å²) >= 11 is 0. The monoisotopic (exact) mass is 876 g/mol. The minimum absolute atomic E-state index is 0.538. The molecule has 0 saturated carbocycles.